The molecule has 5 nitrogen and oxygen atoms in total. The van der Waals surface area contributed by atoms with E-state index >= 15 is 0 Å². The molecule has 0 radical (unpaired) electrons. The minimum absolute atomic E-state index is 0.267. The van der Waals surface area contributed by atoms with Crippen molar-refractivity contribution in [3.63, 3.8) is 0 Å². The summed E-state index contributed by atoms with van der Waals surface area (Å²) in [5.41, 5.74) is 0. The van der Waals surface area contributed by atoms with Crippen LogP contribution in [0.4, 0.5) is 0 Å². The fourth-order valence-electron chi connectivity index (χ4n) is 3.41. The van der Waals surface area contributed by atoms with Gasteiger partial charge in [-0.2, -0.15) is 0 Å². The van der Waals surface area contributed by atoms with Crippen LogP contribution in [0.5, 0.6) is 0 Å². The van der Waals surface area contributed by atoms with Crippen LogP contribution >= 0.6 is 0 Å². The molecule has 3 atom stereocenters. The summed E-state index contributed by atoms with van der Waals surface area (Å²) in [5, 5.41) is 10.3. The zero-order valence-electron chi connectivity index (χ0n) is 13.1. The van der Waals surface area contributed by atoms with Gasteiger partial charge in [-0.05, 0) is 26.7 Å². The number of rotatable bonds is 5. The number of hydrogen-bond acceptors (Lipinski definition) is 5. The Morgan fingerprint density at radius 1 is 1.10 bits per heavy atom. The minimum Gasteiger partial charge on any atom is -0.390 e. The lowest BCUT2D eigenvalue weighted by molar-refractivity contribution is -0.0788. The molecular weight excluding hydrogens is 256 g/mol. The van der Waals surface area contributed by atoms with Crippen LogP contribution in [0.15, 0.2) is 0 Å². The van der Waals surface area contributed by atoms with Gasteiger partial charge in [0.1, 0.15) is 0 Å². The standard InChI is InChI=1S/C15H30N2O3/c1-12-8-17(9-13(2)20-12)11-14(18)10-16-6-4-15(19-3)5-7-16/h12-15,18H,4-11H2,1-3H3. The Balaban J connectivity index is 1.68. The highest BCUT2D eigenvalue weighted by Gasteiger charge is 2.25. The number of nitrogens with zero attached hydrogens (tertiary/aromatic N) is 2. The van der Waals surface area contributed by atoms with Crippen molar-refractivity contribution in [3.05, 3.63) is 0 Å². The van der Waals surface area contributed by atoms with Crippen molar-refractivity contribution in [2.24, 2.45) is 0 Å². The summed E-state index contributed by atoms with van der Waals surface area (Å²) >= 11 is 0. The van der Waals surface area contributed by atoms with E-state index in [2.05, 4.69) is 23.6 Å². The first-order valence-electron chi connectivity index (χ1n) is 7.88. The molecule has 2 aliphatic heterocycles. The summed E-state index contributed by atoms with van der Waals surface area (Å²) in [7, 11) is 1.79. The lowest BCUT2D eigenvalue weighted by Crippen LogP contribution is -2.50. The Morgan fingerprint density at radius 3 is 2.20 bits per heavy atom. The lowest BCUT2D eigenvalue weighted by atomic mass is 10.1. The summed E-state index contributed by atoms with van der Waals surface area (Å²) < 4.78 is 11.1. The largest absolute Gasteiger partial charge is 0.390 e. The van der Waals surface area contributed by atoms with Gasteiger partial charge in [0, 0.05) is 46.4 Å². The maximum Gasteiger partial charge on any atom is 0.0793 e. The fraction of sp³-hybridized carbons (Fsp3) is 1.00. The average Bonchev–Trinajstić information content (AvgIpc) is 2.38. The van der Waals surface area contributed by atoms with Gasteiger partial charge in [0.25, 0.3) is 0 Å². The van der Waals surface area contributed by atoms with Crippen molar-refractivity contribution in [1.82, 2.24) is 9.80 Å². The summed E-state index contributed by atoms with van der Waals surface area (Å²) in [6.07, 6.45) is 2.83. The maximum atomic E-state index is 10.3. The molecule has 0 aromatic heterocycles. The number of aliphatic hydroxyl groups excluding tert-OH is 1. The number of likely N-dealkylation sites (tertiary alicyclic amines) is 1. The van der Waals surface area contributed by atoms with Gasteiger partial charge in [0.05, 0.1) is 24.4 Å². The van der Waals surface area contributed by atoms with Crippen LogP contribution in [0.2, 0.25) is 0 Å². The molecule has 1 N–H and O–H groups in total. The summed E-state index contributed by atoms with van der Waals surface area (Å²) in [5.74, 6) is 0. The van der Waals surface area contributed by atoms with E-state index in [0.29, 0.717) is 6.10 Å². The third-order valence-corrected chi connectivity index (χ3v) is 4.30. The van der Waals surface area contributed by atoms with Gasteiger partial charge in [-0.3, -0.25) is 4.90 Å². The molecule has 2 fully saturated rings. The maximum absolute atomic E-state index is 10.3. The van der Waals surface area contributed by atoms with Crippen LogP contribution in [0.25, 0.3) is 0 Å². The summed E-state index contributed by atoms with van der Waals surface area (Å²) in [4.78, 5) is 4.68. The van der Waals surface area contributed by atoms with Crippen molar-refractivity contribution in [2.75, 3.05) is 46.4 Å². The number of ether oxygens (including phenoxy) is 2. The SMILES string of the molecule is COC1CCN(CC(O)CN2CC(C)OC(C)C2)CC1. The fourth-order valence-corrected chi connectivity index (χ4v) is 3.41. The Bertz CT molecular complexity index is 272. The van der Waals surface area contributed by atoms with Crippen LogP contribution in [-0.2, 0) is 9.47 Å². The zero-order chi connectivity index (χ0) is 14.5. The van der Waals surface area contributed by atoms with Crippen molar-refractivity contribution >= 4 is 0 Å². The van der Waals surface area contributed by atoms with Crippen LogP contribution in [0.3, 0.4) is 0 Å². The minimum atomic E-state index is -0.272. The first kappa shape index (κ1) is 16.2. The molecule has 0 bridgehead atoms. The van der Waals surface area contributed by atoms with Gasteiger partial charge >= 0.3 is 0 Å². The molecule has 0 aromatic carbocycles. The van der Waals surface area contributed by atoms with E-state index in [9.17, 15) is 5.11 Å². The molecule has 0 saturated carbocycles. The van der Waals surface area contributed by atoms with Crippen LogP contribution in [0, 0.1) is 0 Å². The number of aliphatic hydroxyl groups is 1. The highest BCUT2D eigenvalue weighted by atomic mass is 16.5. The Kier molecular flexibility index (Phi) is 6.23. The highest BCUT2D eigenvalue weighted by Crippen LogP contribution is 2.14. The van der Waals surface area contributed by atoms with E-state index in [1.807, 2.05) is 0 Å². The average molecular weight is 286 g/mol. The molecule has 5 heteroatoms. The highest BCUT2D eigenvalue weighted by molar-refractivity contribution is 4.79. The van der Waals surface area contributed by atoms with Gasteiger partial charge in [-0.25, -0.2) is 0 Å². The van der Waals surface area contributed by atoms with Gasteiger partial charge in [-0.1, -0.05) is 0 Å². The smallest absolute Gasteiger partial charge is 0.0793 e. The van der Waals surface area contributed by atoms with E-state index in [0.717, 1.165) is 52.1 Å². The third-order valence-electron chi connectivity index (χ3n) is 4.30. The molecule has 0 aromatic rings. The normalized spacial score (nSPS) is 32.4. The first-order valence-corrected chi connectivity index (χ1v) is 7.88. The van der Waals surface area contributed by atoms with Crippen LogP contribution in [0.1, 0.15) is 26.7 Å². The Labute approximate surface area is 122 Å². The number of methoxy groups -OCH3 is 1. The topological polar surface area (TPSA) is 45.2 Å². The lowest BCUT2D eigenvalue weighted by Gasteiger charge is -2.38. The van der Waals surface area contributed by atoms with Crippen molar-refractivity contribution < 1.29 is 14.6 Å². The Hall–Kier alpha value is -0.200. The van der Waals surface area contributed by atoms with E-state index < -0.39 is 0 Å². The molecule has 0 spiro atoms. The quantitative estimate of drug-likeness (QED) is 0.800. The van der Waals surface area contributed by atoms with E-state index in [1.165, 1.54) is 0 Å². The number of piperidine rings is 1. The monoisotopic (exact) mass is 286 g/mol. The van der Waals surface area contributed by atoms with Gasteiger partial charge in [0.2, 0.25) is 0 Å². The number of morpholine rings is 1. The molecule has 2 heterocycles. The second kappa shape index (κ2) is 7.71. The van der Waals surface area contributed by atoms with E-state index in [-0.39, 0.29) is 18.3 Å². The molecule has 0 amide bonds. The second-order valence-electron chi connectivity index (χ2n) is 6.37. The molecule has 3 unspecified atom stereocenters. The van der Waals surface area contributed by atoms with E-state index in [4.69, 9.17) is 9.47 Å². The van der Waals surface area contributed by atoms with Crippen molar-refractivity contribution in [2.45, 2.75) is 51.1 Å². The molecule has 2 aliphatic rings. The van der Waals surface area contributed by atoms with Crippen molar-refractivity contribution in [3.8, 4) is 0 Å². The van der Waals surface area contributed by atoms with Gasteiger partial charge in [-0.15, -0.1) is 0 Å². The predicted molar refractivity (Wildman–Crippen MR) is 78.9 cm³/mol. The number of β-amino-alcohol motifs (C(OH)–C–C–N with tert-alkyl or cyclic N) is 1. The molecule has 2 saturated heterocycles. The molecule has 20 heavy (non-hydrogen) atoms. The third kappa shape index (κ3) is 4.97. The predicted octanol–water partition coefficient (Wildman–Crippen LogP) is 0.567. The van der Waals surface area contributed by atoms with Crippen LogP contribution < -0.4 is 0 Å². The summed E-state index contributed by atoms with van der Waals surface area (Å²) in [6, 6.07) is 0. The molecule has 0 aliphatic carbocycles. The van der Waals surface area contributed by atoms with Crippen molar-refractivity contribution in [1.29, 1.82) is 0 Å². The first-order chi connectivity index (χ1) is 9.56. The van der Waals surface area contributed by atoms with Crippen LogP contribution in [-0.4, -0.2) is 85.7 Å². The Morgan fingerprint density at radius 2 is 1.65 bits per heavy atom. The van der Waals surface area contributed by atoms with Gasteiger partial charge in [0.15, 0.2) is 0 Å². The molecular formula is C15H30N2O3. The second-order valence-corrected chi connectivity index (χ2v) is 6.37. The molecule has 2 rings (SSSR count). The number of hydrogen-bond donors (Lipinski definition) is 1. The van der Waals surface area contributed by atoms with E-state index in [1.54, 1.807) is 7.11 Å². The summed E-state index contributed by atoms with van der Waals surface area (Å²) in [6.45, 7) is 9.64. The zero-order valence-corrected chi connectivity index (χ0v) is 13.1. The van der Waals surface area contributed by atoms with Gasteiger partial charge < -0.3 is 19.5 Å². The molecule has 118 valence electrons.